The SMILES string of the molecule is CCC(C)NC(=O)CCNc1nc(Cl)nnc1Cl. The van der Waals surface area contributed by atoms with Gasteiger partial charge in [0.25, 0.3) is 0 Å². The van der Waals surface area contributed by atoms with Crippen LogP contribution in [0.1, 0.15) is 26.7 Å². The molecule has 0 bridgehead atoms. The van der Waals surface area contributed by atoms with Crippen molar-refractivity contribution in [3.05, 3.63) is 10.4 Å². The molecule has 1 heterocycles. The molecule has 100 valence electrons. The maximum absolute atomic E-state index is 11.5. The van der Waals surface area contributed by atoms with E-state index in [9.17, 15) is 4.79 Å². The fraction of sp³-hybridized carbons (Fsp3) is 0.600. The highest BCUT2D eigenvalue weighted by molar-refractivity contribution is 6.32. The van der Waals surface area contributed by atoms with Gasteiger partial charge in [-0.05, 0) is 24.9 Å². The summed E-state index contributed by atoms with van der Waals surface area (Å²) < 4.78 is 0. The van der Waals surface area contributed by atoms with E-state index in [-0.39, 0.29) is 22.4 Å². The topological polar surface area (TPSA) is 79.8 Å². The largest absolute Gasteiger partial charge is 0.367 e. The summed E-state index contributed by atoms with van der Waals surface area (Å²) in [7, 11) is 0. The Balaban J connectivity index is 2.37. The number of hydrogen-bond donors (Lipinski definition) is 2. The van der Waals surface area contributed by atoms with Crippen molar-refractivity contribution in [2.75, 3.05) is 11.9 Å². The molecule has 1 aromatic rings. The zero-order chi connectivity index (χ0) is 13.5. The smallest absolute Gasteiger partial charge is 0.245 e. The Morgan fingerprint density at radius 1 is 1.39 bits per heavy atom. The maximum Gasteiger partial charge on any atom is 0.245 e. The lowest BCUT2D eigenvalue weighted by atomic mass is 10.2. The van der Waals surface area contributed by atoms with Crippen LogP contribution in [0.2, 0.25) is 10.4 Å². The summed E-state index contributed by atoms with van der Waals surface area (Å²) in [5.74, 6) is 0.300. The van der Waals surface area contributed by atoms with Gasteiger partial charge in [0.2, 0.25) is 11.2 Å². The van der Waals surface area contributed by atoms with E-state index in [1.165, 1.54) is 0 Å². The van der Waals surface area contributed by atoms with Gasteiger partial charge in [0, 0.05) is 19.0 Å². The number of nitrogens with one attached hydrogen (secondary N) is 2. The Morgan fingerprint density at radius 2 is 2.11 bits per heavy atom. The summed E-state index contributed by atoms with van der Waals surface area (Å²) in [5, 5.41) is 13.0. The molecule has 0 aliphatic heterocycles. The molecule has 2 N–H and O–H groups in total. The van der Waals surface area contributed by atoms with Crippen LogP contribution in [0.3, 0.4) is 0 Å². The Hall–Kier alpha value is -1.14. The zero-order valence-electron chi connectivity index (χ0n) is 10.2. The molecule has 1 rings (SSSR count). The summed E-state index contributed by atoms with van der Waals surface area (Å²) >= 11 is 11.3. The van der Waals surface area contributed by atoms with E-state index in [0.717, 1.165) is 6.42 Å². The van der Waals surface area contributed by atoms with E-state index in [2.05, 4.69) is 25.8 Å². The van der Waals surface area contributed by atoms with Crippen molar-refractivity contribution in [1.82, 2.24) is 20.5 Å². The fourth-order valence-corrected chi connectivity index (χ4v) is 1.42. The average molecular weight is 292 g/mol. The summed E-state index contributed by atoms with van der Waals surface area (Å²) in [4.78, 5) is 15.4. The van der Waals surface area contributed by atoms with Crippen LogP contribution in [0.5, 0.6) is 0 Å². The van der Waals surface area contributed by atoms with Gasteiger partial charge in [-0.15, -0.1) is 10.2 Å². The van der Waals surface area contributed by atoms with Gasteiger partial charge in [-0.3, -0.25) is 4.79 Å². The molecule has 8 heteroatoms. The van der Waals surface area contributed by atoms with E-state index in [4.69, 9.17) is 23.2 Å². The Labute approximate surface area is 115 Å². The first-order chi connectivity index (χ1) is 8.52. The first-order valence-corrected chi connectivity index (χ1v) is 6.37. The molecule has 0 spiro atoms. The highest BCUT2D eigenvalue weighted by atomic mass is 35.5. The van der Waals surface area contributed by atoms with Crippen LogP contribution < -0.4 is 10.6 Å². The molecule has 0 aliphatic rings. The number of nitrogens with zero attached hydrogens (tertiary/aromatic N) is 3. The molecule has 18 heavy (non-hydrogen) atoms. The molecule has 0 saturated heterocycles. The standard InChI is InChI=1S/C10H15Cl2N5O/c1-3-6(2)14-7(18)4-5-13-9-8(11)16-17-10(12)15-9/h6H,3-5H2,1-2H3,(H,14,18)(H,13,15,17). The van der Waals surface area contributed by atoms with Gasteiger partial charge >= 0.3 is 0 Å². The second kappa shape index (κ2) is 7.33. The summed E-state index contributed by atoms with van der Waals surface area (Å²) in [6.07, 6.45) is 1.22. The minimum absolute atomic E-state index is 0.00552. The molecule has 0 aliphatic carbocycles. The lowest BCUT2D eigenvalue weighted by Crippen LogP contribution is -2.33. The number of anilines is 1. The van der Waals surface area contributed by atoms with Crippen molar-refractivity contribution in [1.29, 1.82) is 0 Å². The van der Waals surface area contributed by atoms with Crippen LogP contribution in [0.4, 0.5) is 5.82 Å². The highest BCUT2D eigenvalue weighted by Crippen LogP contribution is 2.16. The second-order valence-electron chi connectivity index (χ2n) is 3.77. The van der Waals surface area contributed by atoms with Crippen LogP contribution in [0.25, 0.3) is 0 Å². The predicted octanol–water partition coefficient (Wildman–Crippen LogP) is 1.90. The van der Waals surface area contributed by atoms with Gasteiger partial charge in [-0.2, -0.15) is 4.98 Å². The van der Waals surface area contributed by atoms with Crippen LogP contribution in [0.15, 0.2) is 0 Å². The van der Waals surface area contributed by atoms with Gasteiger partial charge in [0.05, 0.1) is 0 Å². The Kier molecular flexibility index (Phi) is 6.07. The average Bonchev–Trinajstić information content (AvgIpc) is 2.33. The van der Waals surface area contributed by atoms with Crippen molar-refractivity contribution in [3.8, 4) is 0 Å². The lowest BCUT2D eigenvalue weighted by Gasteiger charge is -2.11. The minimum atomic E-state index is -0.0268. The molecule has 0 fully saturated rings. The molecule has 0 aromatic carbocycles. The highest BCUT2D eigenvalue weighted by Gasteiger charge is 2.08. The van der Waals surface area contributed by atoms with Crippen molar-refractivity contribution in [3.63, 3.8) is 0 Å². The molecular formula is C10H15Cl2N5O. The predicted molar refractivity (Wildman–Crippen MR) is 70.8 cm³/mol. The van der Waals surface area contributed by atoms with E-state index in [1.807, 2.05) is 13.8 Å². The molecule has 1 unspecified atom stereocenters. The number of carbonyl (C=O) groups excluding carboxylic acids is 1. The zero-order valence-corrected chi connectivity index (χ0v) is 11.7. The van der Waals surface area contributed by atoms with E-state index in [1.54, 1.807) is 0 Å². The third-order valence-electron chi connectivity index (χ3n) is 2.28. The van der Waals surface area contributed by atoms with E-state index >= 15 is 0 Å². The quantitative estimate of drug-likeness (QED) is 0.837. The monoisotopic (exact) mass is 291 g/mol. The number of aromatic nitrogens is 3. The first-order valence-electron chi connectivity index (χ1n) is 5.62. The fourth-order valence-electron chi connectivity index (χ4n) is 1.15. The van der Waals surface area contributed by atoms with Gasteiger partial charge in [0.15, 0.2) is 11.0 Å². The third-order valence-corrected chi connectivity index (χ3v) is 2.70. The summed E-state index contributed by atoms with van der Waals surface area (Å²) in [6, 6.07) is 0.177. The second-order valence-corrected chi connectivity index (χ2v) is 4.47. The van der Waals surface area contributed by atoms with Crippen molar-refractivity contribution < 1.29 is 4.79 Å². The third kappa shape index (κ3) is 5.01. The molecule has 0 radical (unpaired) electrons. The number of hydrogen-bond acceptors (Lipinski definition) is 5. The van der Waals surface area contributed by atoms with Gasteiger partial charge < -0.3 is 10.6 Å². The molecule has 1 amide bonds. The van der Waals surface area contributed by atoms with Gasteiger partial charge in [-0.1, -0.05) is 18.5 Å². The molecule has 0 saturated carbocycles. The minimum Gasteiger partial charge on any atom is -0.367 e. The molecule has 1 atom stereocenters. The first kappa shape index (κ1) is 14.9. The van der Waals surface area contributed by atoms with Crippen LogP contribution >= 0.6 is 23.2 Å². The van der Waals surface area contributed by atoms with Gasteiger partial charge in [-0.25, -0.2) is 0 Å². The van der Waals surface area contributed by atoms with Crippen molar-refractivity contribution in [2.24, 2.45) is 0 Å². The number of amides is 1. The van der Waals surface area contributed by atoms with Gasteiger partial charge in [0.1, 0.15) is 0 Å². The maximum atomic E-state index is 11.5. The van der Waals surface area contributed by atoms with Crippen LogP contribution in [-0.4, -0.2) is 33.7 Å². The number of halogens is 2. The lowest BCUT2D eigenvalue weighted by molar-refractivity contribution is -0.121. The molecular weight excluding hydrogens is 277 g/mol. The Morgan fingerprint density at radius 3 is 2.78 bits per heavy atom. The van der Waals surface area contributed by atoms with Crippen molar-refractivity contribution >= 4 is 34.9 Å². The molecule has 6 nitrogen and oxygen atoms in total. The normalized spacial score (nSPS) is 12.0. The van der Waals surface area contributed by atoms with Crippen LogP contribution in [0, 0.1) is 0 Å². The van der Waals surface area contributed by atoms with E-state index in [0.29, 0.717) is 18.8 Å². The Bertz CT molecular complexity index is 415. The number of carbonyl (C=O) groups is 1. The van der Waals surface area contributed by atoms with E-state index < -0.39 is 0 Å². The summed E-state index contributed by atoms with van der Waals surface area (Å²) in [5.41, 5.74) is 0. The summed E-state index contributed by atoms with van der Waals surface area (Å²) in [6.45, 7) is 4.37. The molecule has 1 aromatic heterocycles. The number of rotatable bonds is 6. The van der Waals surface area contributed by atoms with Crippen molar-refractivity contribution in [2.45, 2.75) is 32.7 Å². The van der Waals surface area contributed by atoms with Crippen LogP contribution in [-0.2, 0) is 4.79 Å².